The molecule has 3 rings (SSSR count). The van der Waals surface area contributed by atoms with Crippen molar-refractivity contribution in [2.75, 3.05) is 43.0 Å². The number of ether oxygens (including phenoxy) is 2. The van der Waals surface area contributed by atoms with E-state index in [-0.39, 0.29) is 16.5 Å². The lowest BCUT2D eigenvalue weighted by atomic mass is 10.3. The van der Waals surface area contributed by atoms with E-state index in [1.165, 1.54) is 19.2 Å². The maximum atomic E-state index is 12.6. The van der Waals surface area contributed by atoms with Crippen molar-refractivity contribution in [2.45, 2.75) is 4.90 Å². The molecule has 0 unspecified atom stereocenters. The predicted molar refractivity (Wildman–Crippen MR) is 96.1 cm³/mol. The Balaban J connectivity index is 1.80. The van der Waals surface area contributed by atoms with Gasteiger partial charge in [0.1, 0.15) is 16.5 Å². The first kappa shape index (κ1) is 17.8. The number of hydrogen-bond donors (Lipinski definition) is 1. The molecule has 0 saturated carbocycles. The fourth-order valence-electron chi connectivity index (χ4n) is 2.51. The van der Waals surface area contributed by atoms with Crippen molar-refractivity contribution in [3.63, 3.8) is 0 Å². The molecule has 2 heterocycles. The van der Waals surface area contributed by atoms with Gasteiger partial charge in [0.25, 0.3) is 10.0 Å². The Morgan fingerprint density at radius 3 is 2.64 bits per heavy atom. The molecule has 1 saturated heterocycles. The number of pyridine rings is 1. The Kier molecular flexibility index (Phi) is 5.31. The van der Waals surface area contributed by atoms with E-state index in [2.05, 4.69) is 14.6 Å². The Morgan fingerprint density at radius 2 is 2.00 bits per heavy atom. The van der Waals surface area contributed by atoms with Gasteiger partial charge in [0.05, 0.1) is 32.2 Å². The van der Waals surface area contributed by atoms with E-state index in [4.69, 9.17) is 21.1 Å². The maximum absolute atomic E-state index is 12.6. The molecule has 1 aromatic heterocycles. The Bertz CT molecular complexity index is 837. The molecule has 25 heavy (non-hydrogen) atoms. The van der Waals surface area contributed by atoms with E-state index in [9.17, 15) is 8.42 Å². The largest absolute Gasteiger partial charge is 0.495 e. The van der Waals surface area contributed by atoms with Gasteiger partial charge in [0, 0.05) is 18.1 Å². The van der Waals surface area contributed by atoms with Crippen molar-refractivity contribution < 1.29 is 17.9 Å². The van der Waals surface area contributed by atoms with E-state index in [0.29, 0.717) is 18.2 Å². The van der Waals surface area contributed by atoms with Crippen molar-refractivity contribution in [3.05, 3.63) is 41.6 Å². The zero-order chi connectivity index (χ0) is 17.9. The number of nitrogens with zero attached hydrogens (tertiary/aromatic N) is 2. The monoisotopic (exact) mass is 383 g/mol. The second kappa shape index (κ2) is 7.47. The number of nitrogens with one attached hydrogen (secondary N) is 1. The van der Waals surface area contributed by atoms with Gasteiger partial charge in [-0.15, -0.1) is 0 Å². The number of rotatable bonds is 5. The number of morpholine rings is 1. The first-order chi connectivity index (χ1) is 12.0. The second-order valence-electron chi connectivity index (χ2n) is 5.40. The molecule has 0 bridgehead atoms. The lowest BCUT2D eigenvalue weighted by molar-refractivity contribution is 0.122. The molecular formula is C16H18ClN3O4S. The van der Waals surface area contributed by atoms with E-state index in [0.717, 1.165) is 18.8 Å². The number of hydrogen-bond acceptors (Lipinski definition) is 6. The summed E-state index contributed by atoms with van der Waals surface area (Å²) in [6.45, 7) is 2.91. The third kappa shape index (κ3) is 4.15. The number of sulfonamides is 1. The van der Waals surface area contributed by atoms with Crippen LogP contribution in [0.15, 0.2) is 41.4 Å². The highest BCUT2D eigenvalue weighted by atomic mass is 35.5. The average Bonchev–Trinajstić information content (AvgIpc) is 2.63. The first-order valence-corrected chi connectivity index (χ1v) is 9.51. The van der Waals surface area contributed by atoms with Crippen molar-refractivity contribution in [3.8, 4) is 5.75 Å². The normalized spacial score (nSPS) is 15.0. The Hall–Kier alpha value is -2.03. The van der Waals surface area contributed by atoms with Crippen LogP contribution in [0, 0.1) is 0 Å². The molecule has 9 heteroatoms. The summed E-state index contributed by atoms with van der Waals surface area (Å²) in [7, 11) is -2.47. The molecule has 2 aromatic rings. The summed E-state index contributed by atoms with van der Waals surface area (Å²) < 4.78 is 38.1. The molecule has 1 aliphatic heterocycles. The van der Waals surface area contributed by atoms with Gasteiger partial charge in [-0.3, -0.25) is 4.72 Å². The predicted octanol–water partition coefficient (Wildman–Crippen LogP) is 2.38. The van der Waals surface area contributed by atoms with Crippen molar-refractivity contribution in [2.24, 2.45) is 0 Å². The van der Waals surface area contributed by atoms with Gasteiger partial charge in [-0.05, 0) is 30.3 Å². The van der Waals surface area contributed by atoms with Crippen LogP contribution in [0.5, 0.6) is 5.75 Å². The van der Waals surface area contributed by atoms with Crippen LogP contribution >= 0.6 is 11.6 Å². The second-order valence-corrected chi connectivity index (χ2v) is 7.49. The zero-order valence-corrected chi connectivity index (χ0v) is 15.2. The molecule has 1 fully saturated rings. The van der Waals surface area contributed by atoms with E-state index in [1.807, 2.05) is 6.07 Å². The summed E-state index contributed by atoms with van der Waals surface area (Å²) in [5.74, 6) is 0.431. The molecule has 0 radical (unpaired) electrons. The molecule has 1 N–H and O–H groups in total. The molecule has 0 aliphatic carbocycles. The molecule has 0 atom stereocenters. The number of halogens is 1. The summed E-state index contributed by atoms with van der Waals surface area (Å²) in [5, 5.41) is 0.303. The van der Waals surface area contributed by atoms with E-state index < -0.39 is 10.0 Å². The topological polar surface area (TPSA) is 80.8 Å². The van der Waals surface area contributed by atoms with Crippen molar-refractivity contribution in [1.29, 1.82) is 0 Å². The minimum Gasteiger partial charge on any atom is -0.495 e. The van der Waals surface area contributed by atoms with Crippen molar-refractivity contribution >= 4 is 33.1 Å². The van der Waals surface area contributed by atoms with Gasteiger partial charge in [-0.1, -0.05) is 11.6 Å². The summed E-state index contributed by atoms with van der Waals surface area (Å²) in [6, 6.07) is 7.86. The Labute approximate surface area is 151 Å². The first-order valence-electron chi connectivity index (χ1n) is 7.65. The van der Waals surface area contributed by atoms with Gasteiger partial charge in [0.15, 0.2) is 0 Å². The van der Waals surface area contributed by atoms with Crippen LogP contribution in [0.3, 0.4) is 0 Å². The van der Waals surface area contributed by atoms with Crippen LogP contribution in [-0.2, 0) is 14.8 Å². The highest BCUT2D eigenvalue weighted by Crippen LogP contribution is 2.28. The lowest BCUT2D eigenvalue weighted by Gasteiger charge is -2.28. The van der Waals surface area contributed by atoms with Crippen LogP contribution in [0.1, 0.15) is 0 Å². The molecule has 134 valence electrons. The molecule has 1 aromatic carbocycles. The lowest BCUT2D eigenvalue weighted by Crippen LogP contribution is -2.36. The average molecular weight is 384 g/mol. The van der Waals surface area contributed by atoms with Gasteiger partial charge in [0.2, 0.25) is 0 Å². The fraction of sp³-hybridized carbons (Fsp3) is 0.312. The zero-order valence-electron chi connectivity index (χ0n) is 13.6. The van der Waals surface area contributed by atoms with Crippen LogP contribution in [0.2, 0.25) is 5.02 Å². The quantitative estimate of drug-likeness (QED) is 0.853. The molecule has 1 aliphatic rings. The van der Waals surface area contributed by atoms with E-state index >= 15 is 0 Å². The molecular weight excluding hydrogens is 366 g/mol. The number of benzene rings is 1. The van der Waals surface area contributed by atoms with Crippen LogP contribution in [0.25, 0.3) is 0 Å². The van der Waals surface area contributed by atoms with Gasteiger partial charge in [-0.25, -0.2) is 13.4 Å². The molecule has 7 nitrogen and oxygen atoms in total. The van der Waals surface area contributed by atoms with E-state index in [1.54, 1.807) is 18.3 Å². The third-order valence-electron chi connectivity index (χ3n) is 3.78. The van der Waals surface area contributed by atoms with Gasteiger partial charge < -0.3 is 14.4 Å². The van der Waals surface area contributed by atoms with Crippen LogP contribution in [0.4, 0.5) is 11.5 Å². The molecule has 0 spiro atoms. The standard InChI is InChI=1S/C16H18ClN3O4S/c1-23-14-4-2-12(17)10-15(14)25(21,22)19-16-5-3-13(11-18-16)20-6-8-24-9-7-20/h2-5,10-11H,6-9H2,1H3,(H,18,19). The third-order valence-corrected chi connectivity index (χ3v) is 5.39. The van der Waals surface area contributed by atoms with Crippen molar-refractivity contribution in [1.82, 2.24) is 4.98 Å². The minimum atomic E-state index is -3.87. The summed E-state index contributed by atoms with van der Waals surface area (Å²) in [6.07, 6.45) is 1.64. The fourth-order valence-corrected chi connectivity index (χ4v) is 3.95. The van der Waals surface area contributed by atoms with Gasteiger partial charge in [-0.2, -0.15) is 0 Å². The number of methoxy groups -OCH3 is 1. The summed E-state index contributed by atoms with van der Waals surface area (Å²) in [5.41, 5.74) is 0.923. The van der Waals surface area contributed by atoms with Crippen LogP contribution < -0.4 is 14.4 Å². The summed E-state index contributed by atoms with van der Waals surface area (Å²) in [4.78, 5) is 6.29. The number of anilines is 2. The SMILES string of the molecule is COc1ccc(Cl)cc1S(=O)(=O)Nc1ccc(N2CCOCC2)cn1. The Morgan fingerprint density at radius 1 is 1.24 bits per heavy atom. The highest BCUT2D eigenvalue weighted by Gasteiger charge is 2.21. The van der Waals surface area contributed by atoms with Gasteiger partial charge >= 0.3 is 0 Å². The number of aromatic nitrogens is 1. The smallest absolute Gasteiger partial charge is 0.266 e. The summed E-state index contributed by atoms with van der Waals surface area (Å²) >= 11 is 5.91. The van der Waals surface area contributed by atoms with Crippen LogP contribution in [-0.4, -0.2) is 46.8 Å². The minimum absolute atomic E-state index is 0.0402. The molecule has 0 amide bonds. The maximum Gasteiger partial charge on any atom is 0.266 e. The highest BCUT2D eigenvalue weighted by molar-refractivity contribution is 7.92.